The Morgan fingerprint density at radius 2 is 1.56 bits per heavy atom. The zero-order chi connectivity index (χ0) is 29.4. The minimum atomic E-state index is -4.10. The van der Waals surface area contributed by atoms with Crippen LogP contribution in [0.3, 0.4) is 0 Å². The van der Waals surface area contributed by atoms with Crippen molar-refractivity contribution in [1.29, 1.82) is 0 Å². The van der Waals surface area contributed by atoms with Crippen LogP contribution in [0.1, 0.15) is 56.6 Å². The molecule has 9 heteroatoms. The number of carbonyl (C=O) groups is 2. The zero-order valence-corrected chi connectivity index (χ0v) is 25.2. The van der Waals surface area contributed by atoms with Gasteiger partial charge in [0.2, 0.25) is 11.8 Å². The van der Waals surface area contributed by atoms with Gasteiger partial charge in [-0.1, -0.05) is 91.9 Å². The summed E-state index contributed by atoms with van der Waals surface area (Å²) in [5.74, 6) is -0.720. The summed E-state index contributed by atoms with van der Waals surface area (Å²) in [4.78, 5) is 29.3. The summed E-state index contributed by atoms with van der Waals surface area (Å²) in [6, 6.07) is 21.5. The Morgan fingerprint density at radius 1 is 0.927 bits per heavy atom. The second-order valence-electron chi connectivity index (χ2n) is 10.5. The number of para-hydroxylation sites is 1. The monoisotopic (exact) mass is 595 g/mol. The molecule has 218 valence electrons. The number of sulfonamides is 1. The molecule has 0 saturated heterocycles. The molecule has 1 saturated carbocycles. The van der Waals surface area contributed by atoms with Gasteiger partial charge in [0.1, 0.15) is 12.6 Å². The molecule has 0 spiro atoms. The van der Waals surface area contributed by atoms with Crippen molar-refractivity contribution in [3.05, 3.63) is 95.0 Å². The molecular formula is C32H38ClN3O4S. The lowest BCUT2D eigenvalue weighted by molar-refractivity contribution is -0.140. The van der Waals surface area contributed by atoms with E-state index in [0.29, 0.717) is 22.7 Å². The maximum absolute atomic E-state index is 14.2. The van der Waals surface area contributed by atoms with Crippen LogP contribution in [0, 0.1) is 6.92 Å². The summed E-state index contributed by atoms with van der Waals surface area (Å²) in [7, 11) is -4.10. The highest BCUT2D eigenvalue weighted by Gasteiger charge is 2.34. The molecule has 1 atom stereocenters. The number of halogens is 1. The molecule has 0 radical (unpaired) electrons. The molecule has 41 heavy (non-hydrogen) atoms. The normalized spacial score (nSPS) is 14.7. The standard InChI is InChI=1S/C32H38ClN3O4S/c1-3-30(32(38)34-26-13-6-4-7-14-26)35(22-25-12-10-11-17-29(25)33)31(37)23-36(27-15-8-5-9-16-27)41(39,40)28-20-18-24(2)19-21-28/h5,8-12,15-21,26,30H,3-4,6-7,13-14,22-23H2,1-2H3,(H,34,38). The lowest BCUT2D eigenvalue weighted by Crippen LogP contribution is -2.54. The van der Waals surface area contributed by atoms with E-state index in [-0.39, 0.29) is 23.4 Å². The maximum Gasteiger partial charge on any atom is 0.264 e. The predicted octanol–water partition coefficient (Wildman–Crippen LogP) is 6.10. The number of hydrogen-bond donors (Lipinski definition) is 1. The fraction of sp³-hybridized carbons (Fsp3) is 0.375. The van der Waals surface area contributed by atoms with Gasteiger partial charge in [-0.3, -0.25) is 13.9 Å². The van der Waals surface area contributed by atoms with Crippen LogP contribution in [0.5, 0.6) is 0 Å². The second-order valence-corrected chi connectivity index (χ2v) is 12.8. The minimum absolute atomic E-state index is 0.0717. The van der Waals surface area contributed by atoms with E-state index in [1.807, 2.05) is 26.0 Å². The number of amides is 2. The molecule has 0 bridgehead atoms. The lowest BCUT2D eigenvalue weighted by Gasteiger charge is -2.34. The number of aryl methyl sites for hydroxylation is 1. The topological polar surface area (TPSA) is 86.8 Å². The molecule has 0 aliphatic heterocycles. The molecule has 0 heterocycles. The third-order valence-electron chi connectivity index (χ3n) is 7.57. The average molecular weight is 596 g/mol. The Kier molecular flexibility index (Phi) is 10.5. The smallest absolute Gasteiger partial charge is 0.264 e. The van der Waals surface area contributed by atoms with Crippen molar-refractivity contribution >= 4 is 39.1 Å². The van der Waals surface area contributed by atoms with Crippen LogP contribution in [0.4, 0.5) is 5.69 Å². The van der Waals surface area contributed by atoms with Crippen molar-refractivity contribution in [2.24, 2.45) is 0 Å². The van der Waals surface area contributed by atoms with E-state index in [1.165, 1.54) is 4.90 Å². The number of nitrogens with one attached hydrogen (secondary N) is 1. The second kappa shape index (κ2) is 14.0. The molecule has 2 amide bonds. The van der Waals surface area contributed by atoms with Gasteiger partial charge in [0.25, 0.3) is 10.0 Å². The average Bonchev–Trinajstić information content (AvgIpc) is 2.97. The predicted molar refractivity (Wildman–Crippen MR) is 163 cm³/mol. The SMILES string of the molecule is CCC(C(=O)NC1CCCCC1)N(Cc1ccccc1Cl)C(=O)CN(c1ccccc1)S(=O)(=O)c1ccc(C)cc1. The Hall–Kier alpha value is -3.36. The molecule has 4 rings (SSSR count). The van der Waals surface area contributed by atoms with Crippen LogP contribution in [-0.2, 0) is 26.2 Å². The van der Waals surface area contributed by atoms with Crippen LogP contribution in [0.2, 0.25) is 5.02 Å². The van der Waals surface area contributed by atoms with Crippen molar-refractivity contribution in [1.82, 2.24) is 10.2 Å². The van der Waals surface area contributed by atoms with Crippen LogP contribution < -0.4 is 9.62 Å². The molecular weight excluding hydrogens is 558 g/mol. The molecule has 0 aromatic heterocycles. The molecule has 3 aromatic rings. The van der Waals surface area contributed by atoms with Crippen LogP contribution in [-0.4, -0.2) is 43.8 Å². The van der Waals surface area contributed by atoms with E-state index < -0.39 is 28.5 Å². The third-order valence-corrected chi connectivity index (χ3v) is 9.72. The zero-order valence-electron chi connectivity index (χ0n) is 23.6. The van der Waals surface area contributed by atoms with Crippen molar-refractivity contribution in [3.8, 4) is 0 Å². The first kappa shape index (κ1) is 30.6. The number of carbonyl (C=O) groups excluding carboxylic acids is 2. The fourth-order valence-electron chi connectivity index (χ4n) is 5.23. The van der Waals surface area contributed by atoms with Gasteiger partial charge in [0.05, 0.1) is 10.6 Å². The van der Waals surface area contributed by atoms with Crippen molar-refractivity contribution in [3.63, 3.8) is 0 Å². The van der Waals surface area contributed by atoms with Gasteiger partial charge >= 0.3 is 0 Å². The van der Waals surface area contributed by atoms with Gasteiger partial charge in [0, 0.05) is 17.6 Å². The number of hydrogen-bond acceptors (Lipinski definition) is 4. The number of anilines is 1. The van der Waals surface area contributed by atoms with Gasteiger partial charge in [-0.05, 0) is 62.1 Å². The van der Waals surface area contributed by atoms with E-state index in [4.69, 9.17) is 11.6 Å². The quantitative estimate of drug-likeness (QED) is 0.290. The first-order valence-electron chi connectivity index (χ1n) is 14.2. The Morgan fingerprint density at radius 3 is 2.20 bits per heavy atom. The lowest BCUT2D eigenvalue weighted by atomic mass is 9.95. The molecule has 1 fully saturated rings. The van der Waals surface area contributed by atoms with Crippen molar-refractivity contribution in [2.45, 2.75) is 75.9 Å². The molecule has 1 aliphatic carbocycles. The Bertz CT molecular complexity index is 1420. The molecule has 1 unspecified atom stereocenters. The van der Waals surface area contributed by atoms with E-state index >= 15 is 0 Å². The van der Waals surface area contributed by atoms with Gasteiger partial charge in [0.15, 0.2) is 0 Å². The number of nitrogens with zero attached hydrogens (tertiary/aromatic N) is 2. The highest BCUT2D eigenvalue weighted by atomic mass is 35.5. The first-order chi connectivity index (χ1) is 19.7. The van der Waals surface area contributed by atoms with Crippen LogP contribution >= 0.6 is 11.6 Å². The van der Waals surface area contributed by atoms with E-state index in [1.54, 1.807) is 66.7 Å². The highest BCUT2D eigenvalue weighted by molar-refractivity contribution is 7.92. The van der Waals surface area contributed by atoms with Crippen LogP contribution in [0.15, 0.2) is 83.8 Å². The number of benzene rings is 3. The van der Waals surface area contributed by atoms with Gasteiger partial charge in [-0.2, -0.15) is 0 Å². The minimum Gasteiger partial charge on any atom is -0.352 e. The van der Waals surface area contributed by atoms with Gasteiger partial charge in [-0.15, -0.1) is 0 Å². The number of rotatable bonds is 11. The van der Waals surface area contributed by atoms with Gasteiger partial charge in [-0.25, -0.2) is 8.42 Å². The summed E-state index contributed by atoms with van der Waals surface area (Å²) in [6.07, 6.45) is 5.48. The van der Waals surface area contributed by atoms with Crippen molar-refractivity contribution < 1.29 is 18.0 Å². The molecule has 7 nitrogen and oxygen atoms in total. The summed E-state index contributed by atoms with van der Waals surface area (Å²) >= 11 is 6.48. The first-order valence-corrected chi connectivity index (χ1v) is 16.0. The van der Waals surface area contributed by atoms with Crippen molar-refractivity contribution in [2.75, 3.05) is 10.8 Å². The summed E-state index contributed by atoms with van der Waals surface area (Å²) in [5.41, 5.74) is 1.96. The van der Waals surface area contributed by atoms with E-state index in [0.717, 1.165) is 42.0 Å². The summed E-state index contributed by atoms with van der Waals surface area (Å²) in [5, 5.41) is 3.63. The maximum atomic E-state index is 14.2. The largest absolute Gasteiger partial charge is 0.352 e. The third kappa shape index (κ3) is 7.68. The highest BCUT2D eigenvalue weighted by Crippen LogP contribution is 2.26. The molecule has 1 N–H and O–H groups in total. The summed E-state index contributed by atoms with van der Waals surface area (Å²) < 4.78 is 28.9. The Labute approximate surface area is 248 Å². The van der Waals surface area contributed by atoms with Crippen LogP contribution in [0.25, 0.3) is 0 Å². The summed E-state index contributed by atoms with van der Waals surface area (Å²) in [6.45, 7) is 3.33. The van der Waals surface area contributed by atoms with E-state index in [9.17, 15) is 18.0 Å². The fourth-order valence-corrected chi connectivity index (χ4v) is 6.84. The molecule has 3 aromatic carbocycles. The van der Waals surface area contributed by atoms with Gasteiger partial charge < -0.3 is 10.2 Å². The molecule has 1 aliphatic rings. The van der Waals surface area contributed by atoms with E-state index in [2.05, 4.69) is 5.32 Å². The Balaban J connectivity index is 1.69.